The molecule has 1 heterocycles. The minimum atomic E-state index is -3.72. The molecule has 0 aromatic carbocycles. The summed E-state index contributed by atoms with van der Waals surface area (Å²) < 4.78 is 26.1. The quantitative estimate of drug-likeness (QED) is 0.784. The van der Waals surface area contributed by atoms with Crippen molar-refractivity contribution in [3.05, 3.63) is 18.3 Å². The minimum absolute atomic E-state index is 0.0591. The molecule has 0 amide bonds. The number of aliphatic hydroxyl groups is 1. The highest BCUT2D eigenvalue weighted by Gasteiger charge is 2.29. The SMILES string of the molecule is CC(C)N(CCCO)S(=O)(=O)c1ncccc1N. The van der Waals surface area contributed by atoms with E-state index >= 15 is 0 Å². The number of hydrogen-bond donors (Lipinski definition) is 2. The van der Waals surface area contributed by atoms with Crippen LogP contribution >= 0.6 is 0 Å². The molecule has 0 unspecified atom stereocenters. The maximum Gasteiger partial charge on any atom is 0.262 e. The number of anilines is 1. The van der Waals surface area contributed by atoms with Crippen LogP contribution in [0.25, 0.3) is 0 Å². The predicted octanol–water partition coefficient (Wildman–Crippen LogP) is 0.445. The Bertz CT molecular complexity index is 488. The molecule has 1 aromatic rings. The second kappa shape index (κ2) is 6.12. The fourth-order valence-electron chi connectivity index (χ4n) is 1.61. The van der Waals surface area contributed by atoms with E-state index in [1.165, 1.54) is 16.6 Å². The van der Waals surface area contributed by atoms with Crippen molar-refractivity contribution in [1.29, 1.82) is 0 Å². The van der Waals surface area contributed by atoms with Crippen molar-refractivity contribution in [3.63, 3.8) is 0 Å². The van der Waals surface area contributed by atoms with Crippen LogP contribution in [0.5, 0.6) is 0 Å². The second-order valence-corrected chi connectivity index (χ2v) is 5.99. The van der Waals surface area contributed by atoms with Gasteiger partial charge >= 0.3 is 0 Å². The Morgan fingerprint density at radius 3 is 2.67 bits per heavy atom. The van der Waals surface area contributed by atoms with Crippen LogP contribution in [0.3, 0.4) is 0 Å². The molecule has 0 saturated carbocycles. The Morgan fingerprint density at radius 2 is 2.17 bits per heavy atom. The minimum Gasteiger partial charge on any atom is -0.396 e. The maximum absolute atomic E-state index is 12.4. The summed E-state index contributed by atoms with van der Waals surface area (Å²) in [6.07, 6.45) is 1.78. The maximum atomic E-state index is 12.4. The third-order valence-corrected chi connectivity index (χ3v) is 4.52. The van der Waals surface area contributed by atoms with Crippen molar-refractivity contribution >= 4 is 15.7 Å². The van der Waals surface area contributed by atoms with Crippen LogP contribution in [-0.2, 0) is 10.0 Å². The topological polar surface area (TPSA) is 96.5 Å². The third kappa shape index (κ3) is 3.18. The van der Waals surface area contributed by atoms with Gasteiger partial charge in [-0.2, -0.15) is 4.31 Å². The molecule has 18 heavy (non-hydrogen) atoms. The van der Waals surface area contributed by atoms with Gasteiger partial charge in [0.05, 0.1) is 5.69 Å². The highest BCUT2D eigenvalue weighted by Crippen LogP contribution is 2.21. The molecule has 0 fully saturated rings. The summed E-state index contributed by atoms with van der Waals surface area (Å²) in [6.45, 7) is 3.73. The van der Waals surface area contributed by atoms with Gasteiger partial charge < -0.3 is 10.8 Å². The summed E-state index contributed by atoms with van der Waals surface area (Å²) >= 11 is 0. The average molecular weight is 273 g/mol. The highest BCUT2D eigenvalue weighted by atomic mass is 32.2. The van der Waals surface area contributed by atoms with Gasteiger partial charge in [-0.3, -0.25) is 0 Å². The van der Waals surface area contributed by atoms with Crippen molar-refractivity contribution in [3.8, 4) is 0 Å². The number of aromatic nitrogens is 1. The zero-order valence-electron chi connectivity index (χ0n) is 10.6. The highest BCUT2D eigenvalue weighted by molar-refractivity contribution is 7.89. The Kier molecular flexibility index (Phi) is 5.06. The zero-order valence-corrected chi connectivity index (χ0v) is 11.4. The number of rotatable bonds is 6. The summed E-state index contributed by atoms with van der Waals surface area (Å²) in [7, 11) is -3.72. The standard InChI is InChI=1S/C11H19N3O3S/c1-9(2)14(7-4-8-15)18(16,17)11-10(12)5-3-6-13-11/h3,5-6,9,15H,4,7-8,12H2,1-2H3. The van der Waals surface area contributed by atoms with E-state index in [0.29, 0.717) is 6.42 Å². The van der Waals surface area contributed by atoms with Crippen molar-refractivity contribution < 1.29 is 13.5 Å². The zero-order chi connectivity index (χ0) is 13.8. The number of nitrogen functional groups attached to an aromatic ring is 1. The molecule has 0 aliphatic rings. The van der Waals surface area contributed by atoms with Gasteiger partial charge in [0.2, 0.25) is 0 Å². The van der Waals surface area contributed by atoms with Crippen LogP contribution in [0.2, 0.25) is 0 Å². The van der Waals surface area contributed by atoms with E-state index in [0.717, 1.165) is 0 Å². The molecule has 7 heteroatoms. The molecule has 1 rings (SSSR count). The molecule has 0 radical (unpaired) electrons. The summed E-state index contributed by atoms with van der Waals surface area (Å²) in [6, 6.07) is 2.87. The van der Waals surface area contributed by atoms with Crippen molar-refractivity contribution in [2.45, 2.75) is 31.3 Å². The summed E-state index contributed by atoms with van der Waals surface area (Å²) in [5.74, 6) is 0. The third-order valence-electron chi connectivity index (χ3n) is 2.47. The lowest BCUT2D eigenvalue weighted by Gasteiger charge is -2.25. The number of nitrogens with zero attached hydrogens (tertiary/aromatic N) is 2. The van der Waals surface area contributed by atoms with Gasteiger partial charge in [-0.15, -0.1) is 0 Å². The van der Waals surface area contributed by atoms with Crippen LogP contribution in [-0.4, -0.2) is 42.0 Å². The Labute approximate surface area is 107 Å². The van der Waals surface area contributed by atoms with Crippen molar-refractivity contribution in [1.82, 2.24) is 9.29 Å². The molecule has 0 saturated heterocycles. The summed E-state index contributed by atoms with van der Waals surface area (Å²) in [5.41, 5.74) is 5.79. The van der Waals surface area contributed by atoms with E-state index < -0.39 is 10.0 Å². The van der Waals surface area contributed by atoms with E-state index in [2.05, 4.69) is 4.98 Å². The monoisotopic (exact) mass is 273 g/mol. The fraction of sp³-hybridized carbons (Fsp3) is 0.545. The first-order valence-electron chi connectivity index (χ1n) is 5.74. The van der Waals surface area contributed by atoms with E-state index in [4.69, 9.17) is 10.8 Å². The normalized spacial score (nSPS) is 12.3. The number of nitrogens with two attached hydrogens (primary N) is 1. The lowest BCUT2D eigenvalue weighted by molar-refractivity contribution is 0.258. The number of sulfonamides is 1. The smallest absolute Gasteiger partial charge is 0.262 e. The second-order valence-electron chi connectivity index (χ2n) is 4.18. The Balaban J connectivity index is 3.14. The average Bonchev–Trinajstić information content (AvgIpc) is 2.29. The van der Waals surface area contributed by atoms with E-state index in [1.54, 1.807) is 19.9 Å². The lowest BCUT2D eigenvalue weighted by atomic mass is 10.3. The van der Waals surface area contributed by atoms with E-state index in [-0.39, 0.29) is 29.9 Å². The molecular formula is C11H19N3O3S. The van der Waals surface area contributed by atoms with Crippen LogP contribution in [0, 0.1) is 0 Å². The van der Waals surface area contributed by atoms with Gasteiger partial charge in [0.25, 0.3) is 10.0 Å². The molecule has 0 aliphatic carbocycles. The summed E-state index contributed by atoms with van der Waals surface area (Å²) in [5, 5.41) is 8.70. The molecule has 0 spiro atoms. The first kappa shape index (κ1) is 14.9. The molecule has 6 nitrogen and oxygen atoms in total. The number of hydrogen-bond acceptors (Lipinski definition) is 5. The fourth-order valence-corrected chi connectivity index (χ4v) is 3.32. The largest absolute Gasteiger partial charge is 0.396 e. The molecule has 1 aromatic heterocycles. The Hall–Kier alpha value is -1.18. The van der Waals surface area contributed by atoms with Gasteiger partial charge in [0.15, 0.2) is 5.03 Å². The summed E-state index contributed by atoms with van der Waals surface area (Å²) in [4.78, 5) is 3.84. The van der Waals surface area contributed by atoms with E-state index in [9.17, 15) is 8.42 Å². The Morgan fingerprint density at radius 1 is 1.50 bits per heavy atom. The van der Waals surface area contributed by atoms with Crippen molar-refractivity contribution in [2.75, 3.05) is 18.9 Å². The molecule has 3 N–H and O–H groups in total. The molecular weight excluding hydrogens is 254 g/mol. The van der Waals surface area contributed by atoms with Gasteiger partial charge in [-0.25, -0.2) is 13.4 Å². The first-order chi connectivity index (χ1) is 8.41. The van der Waals surface area contributed by atoms with Crippen molar-refractivity contribution in [2.24, 2.45) is 0 Å². The van der Waals surface area contributed by atoms with Crippen LogP contribution in [0.4, 0.5) is 5.69 Å². The van der Waals surface area contributed by atoms with Crippen LogP contribution in [0.1, 0.15) is 20.3 Å². The number of pyridine rings is 1. The molecule has 102 valence electrons. The predicted molar refractivity (Wildman–Crippen MR) is 69.4 cm³/mol. The van der Waals surface area contributed by atoms with Gasteiger partial charge in [0.1, 0.15) is 0 Å². The molecule has 0 bridgehead atoms. The molecule has 0 atom stereocenters. The van der Waals surface area contributed by atoms with Gasteiger partial charge in [-0.1, -0.05) is 0 Å². The van der Waals surface area contributed by atoms with Gasteiger partial charge in [0, 0.05) is 25.4 Å². The number of aliphatic hydroxyl groups excluding tert-OH is 1. The molecule has 0 aliphatic heterocycles. The van der Waals surface area contributed by atoms with Crippen LogP contribution < -0.4 is 5.73 Å². The van der Waals surface area contributed by atoms with E-state index in [1.807, 2.05) is 0 Å². The van der Waals surface area contributed by atoms with Crippen LogP contribution in [0.15, 0.2) is 23.4 Å². The lowest BCUT2D eigenvalue weighted by Crippen LogP contribution is -2.38. The first-order valence-corrected chi connectivity index (χ1v) is 7.18. The van der Waals surface area contributed by atoms with Gasteiger partial charge in [-0.05, 0) is 32.4 Å².